The molecule has 0 saturated carbocycles. The molecule has 0 unspecified atom stereocenters. The van der Waals surface area contributed by atoms with Crippen LogP contribution in [0.4, 0.5) is 0 Å². The molecule has 3 aromatic rings. The average Bonchev–Trinajstić information content (AvgIpc) is 3.21. The molecule has 2 aromatic heterocycles. The van der Waals surface area contributed by atoms with Gasteiger partial charge in [0.15, 0.2) is 0 Å². The second-order valence-electron chi connectivity index (χ2n) is 6.68. The number of amides is 1. The smallest absolute Gasteiger partial charge is 0.257 e. The first kappa shape index (κ1) is 17.5. The fourth-order valence-corrected chi connectivity index (χ4v) is 3.60. The minimum Gasteiger partial charge on any atom is -0.466 e. The van der Waals surface area contributed by atoms with Crippen LogP contribution in [0.15, 0.2) is 46.9 Å². The van der Waals surface area contributed by atoms with Gasteiger partial charge in [0, 0.05) is 29.4 Å². The zero-order valence-corrected chi connectivity index (χ0v) is 16.0. The highest BCUT2D eigenvalue weighted by molar-refractivity contribution is 6.30. The molecule has 0 bridgehead atoms. The number of carbonyl (C=O) groups excluding carboxylic acids is 1. The molecular weight excluding hydrogens is 360 g/mol. The van der Waals surface area contributed by atoms with E-state index in [1.54, 1.807) is 0 Å². The van der Waals surface area contributed by atoms with E-state index in [0.29, 0.717) is 29.4 Å². The van der Waals surface area contributed by atoms with E-state index in [-0.39, 0.29) is 5.91 Å². The number of carbonyl (C=O) groups is 1. The number of hydrogen-bond donors (Lipinski definition) is 0. The van der Waals surface area contributed by atoms with Crippen molar-refractivity contribution in [2.75, 3.05) is 6.54 Å². The van der Waals surface area contributed by atoms with Gasteiger partial charge in [-0.05, 0) is 56.2 Å². The maximum atomic E-state index is 12.8. The van der Waals surface area contributed by atoms with E-state index >= 15 is 0 Å². The van der Waals surface area contributed by atoms with E-state index in [0.717, 1.165) is 29.3 Å². The van der Waals surface area contributed by atoms with Crippen LogP contribution in [0.25, 0.3) is 0 Å². The maximum Gasteiger partial charge on any atom is 0.257 e. The van der Waals surface area contributed by atoms with Gasteiger partial charge >= 0.3 is 0 Å². The molecule has 0 aliphatic carbocycles. The summed E-state index contributed by atoms with van der Waals surface area (Å²) in [5, 5.41) is 0.679. The van der Waals surface area contributed by atoms with Crippen molar-refractivity contribution < 1.29 is 9.21 Å². The van der Waals surface area contributed by atoms with Crippen molar-refractivity contribution in [1.82, 2.24) is 9.47 Å². The van der Waals surface area contributed by atoms with Crippen molar-refractivity contribution in [3.05, 3.63) is 81.5 Å². The molecule has 4 rings (SSSR count). The van der Waals surface area contributed by atoms with Crippen LogP contribution >= 0.6 is 11.6 Å². The summed E-state index contributed by atoms with van der Waals surface area (Å²) in [6.07, 6.45) is 0. The molecule has 0 N–H and O–H groups in total. The number of benzene rings is 1. The predicted molar refractivity (Wildman–Crippen MR) is 105 cm³/mol. The first-order valence-corrected chi connectivity index (χ1v) is 9.21. The predicted octanol–water partition coefficient (Wildman–Crippen LogP) is 4.41. The lowest BCUT2D eigenvalue weighted by Crippen LogP contribution is -2.38. The van der Waals surface area contributed by atoms with Crippen LogP contribution in [0.5, 0.6) is 0 Å². The Morgan fingerprint density at radius 3 is 2.70 bits per heavy atom. The van der Waals surface area contributed by atoms with Crippen LogP contribution in [0.3, 0.4) is 0 Å². The number of hydrogen-bond acceptors (Lipinski definition) is 2. The van der Waals surface area contributed by atoms with Gasteiger partial charge in [-0.3, -0.25) is 4.79 Å². The van der Waals surface area contributed by atoms with Crippen LogP contribution in [0.2, 0.25) is 5.02 Å². The summed E-state index contributed by atoms with van der Waals surface area (Å²) in [6.45, 7) is 5.63. The van der Waals surface area contributed by atoms with Gasteiger partial charge in [0.25, 0.3) is 5.91 Å². The SMILES string of the molecule is Cc1cc(C(=O)N2CCn3c(C#Cc4cccc(Cl)c4)ccc3C2)c(C)o1. The molecule has 1 aliphatic heterocycles. The Balaban J connectivity index is 1.54. The minimum absolute atomic E-state index is 0.0170. The van der Waals surface area contributed by atoms with Crippen molar-refractivity contribution in [2.24, 2.45) is 0 Å². The van der Waals surface area contributed by atoms with Gasteiger partial charge in [-0.25, -0.2) is 0 Å². The van der Waals surface area contributed by atoms with Gasteiger partial charge in [0.05, 0.1) is 17.8 Å². The number of aryl methyl sites for hydroxylation is 2. The third-order valence-corrected chi connectivity index (χ3v) is 4.97. The minimum atomic E-state index is 0.0170. The molecule has 5 heteroatoms. The van der Waals surface area contributed by atoms with Crippen molar-refractivity contribution in [3.63, 3.8) is 0 Å². The molecule has 0 radical (unpaired) electrons. The second kappa shape index (κ2) is 7.02. The van der Waals surface area contributed by atoms with Crippen LogP contribution in [0, 0.1) is 25.7 Å². The Morgan fingerprint density at radius 2 is 1.96 bits per heavy atom. The Kier molecular flexibility index (Phi) is 4.55. The second-order valence-corrected chi connectivity index (χ2v) is 7.11. The summed E-state index contributed by atoms with van der Waals surface area (Å²) in [5.41, 5.74) is 3.57. The monoisotopic (exact) mass is 378 g/mol. The van der Waals surface area contributed by atoms with Crippen molar-refractivity contribution >= 4 is 17.5 Å². The Hall–Kier alpha value is -2.90. The summed E-state index contributed by atoms with van der Waals surface area (Å²) in [7, 11) is 0. The topological polar surface area (TPSA) is 38.4 Å². The fraction of sp³-hybridized carbons (Fsp3) is 0.227. The Labute approximate surface area is 163 Å². The quantitative estimate of drug-likeness (QED) is 0.588. The lowest BCUT2D eigenvalue weighted by Gasteiger charge is -2.29. The van der Waals surface area contributed by atoms with Gasteiger partial charge in [0.1, 0.15) is 11.5 Å². The summed E-state index contributed by atoms with van der Waals surface area (Å²) in [5.74, 6) is 7.83. The third kappa shape index (κ3) is 3.51. The molecule has 1 aliphatic rings. The third-order valence-electron chi connectivity index (χ3n) is 4.74. The molecule has 27 heavy (non-hydrogen) atoms. The summed E-state index contributed by atoms with van der Waals surface area (Å²) in [6, 6.07) is 13.4. The molecule has 1 amide bonds. The van der Waals surface area contributed by atoms with Gasteiger partial charge in [0.2, 0.25) is 0 Å². The van der Waals surface area contributed by atoms with Gasteiger partial charge < -0.3 is 13.9 Å². The number of nitrogens with zero attached hydrogens (tertiary/aromatic N) is 2. The van der Waals surface area contributed by atoms with Crippen LogP contribution in [-0.2, 0) is 13.1 Å². The number of halogens is 1. The molecule has 0 atom stereocenters. The Morgan fingerprint density at radius 1 is 1.11 bits per heavy atom. The zero-order valence-electron chi connectivity index (χ0n) is 15.3. The van der Waals surface area contributed by atoms with Crippen LogP contribution in [-0.4, -0.2) is 21.9 Å². The van der Waals surface area contributed by atoms with E-state index < -0.39 is 0 Å². The number of rotatable bonds is 1. The highest BCUT2D eigenvalue weighted by Crippen LogP contribution is 2.21. The molecule has 4 nitrogen and oxygen atoms in total. The van der Waals surface area contributed by atoms with Crippen molar-refractivity contribution in [2.45, 2.75) is 26.9 Å². The lowest BCUT2D eigenvalue weighted by molar-refractivity contribution is 0.0709. The number of fused-ring (bicyclic) bond motifs is 1. The fourth-order valence-electron chi connectivity index (χ4n) is 3.41. The standard InChI is InChI=1S/C22H19ClN2O2/c1-15-12-21(16(2)27-15)22(26)24-10-11-25-19(8-9-20(25)14-24)7-6-17-4-3-5-18(23)13-17/h3-5,8-9,12-13H,10-11,14H2,1-2H3. The number of aromatic nitrogens is 1. The Bertz CT molecular complexity index is 1080. The van der Waals surface area contributed by atoms with Gasteiger partial charge in [-0.15, -0.1) is 0 Å². The number of furan rings is 1. The molecule has 0 spiro atoms. The lowest BCUT2D eigenvalue weighted by atomic mass is 10.2. The van der Waals surface area contributed by atoms with Crippen molar-refractivity contribution in [3.8, 4) is 11.8 Å². The molecule has 136 valence electrons. The highest BCUT2D eigenvalue weighted by atomic mass is 35.5. The van der Waals surface area contributed by atoms with E-state index in [1.165, 1.54) is 0 Å². The molecule has 0 fully saturated rings. The zero-order chi connectivity index (χ0) is 19.0. The molecule has 3 heterocycles. The largest absolute Gasteiger partial charge is 0.466 e. The van der Waals surface area contributed by atoms with E-state index in [1.807, 2.05) is 61.2 Å². The summed E-state index contributed by atoms with van der Waals surface area (Å²) < 4.78 is 7.68. The van der Waals surface area contributed by atoms with Crippen LogP contribution in [0.1, 0.15) is 38.8 Å². The van der Waals surface area contributed by atoms with Crippen molar-refractivity contribution in [1.29, 1.82) is 0 Å². The molecule has 1 aromatic carbocycles. The average molecular weight is 379 g/mol. The van der Waals surface area contributed by atoms with Gasteiger partial charge in [-0.2, -0.15) is 0 Å². The van der Waals surface area contributed by atoms with E-state index in [4.69, 9.17) is 16.0 Å². The highest BCUT2D eigenvalue weighted by Gasteiger charge is 2.25. The molecular formula is C22H19ClN2O2. The van der Waals surface area contributed by atoms with E-state index in [2.05, 4.69) is 16.4 Å². The van der Waals surface area contributed by atoms with E-state index in [9.17, 15) is 4.79 Å². The summed E-state index contributed by atoms with van der Waals surface area (Å²) >= 11 is 6.01. The first-order chi connectivity index (χ1) is 13.0. The van der Waals surface area contributed by atoms with Gasteiger partial charge in [-0.1, -0.05) is 23.6 Å². The maximum absolute atomic E-state index is 12.8. The normalized spacial score (nSPS) is 13.1. The van der Waals surface area contributed by atoms with Crippen LogP contribution < -0.4 is 0 Å². The summed E-state index contributed by atoms with van der Waals surface area (Å²) in [4.78, 5) is 14.7. The first-order valence-electron chi connectivity index (χ1n) is 8.83. The molecule has 0 saturated heterocycles.